The molecule has 0 unspecified atom stereocenters. The van der Waals surface area contributed by atoms with Gasteiger partial charge in [-0.05, 0) is 0 Å². The quantitative estimate of drug-likeness (QED) is 0.525. The van der Waals surface area contributed by atoms with Gasteiger partial charge in [0.2, 0.25) is 0 Å². The number of carboxylic acids is 1. The third-order valence-corrected chi connectivity index (χ3v) is 0.736. The summed E-state index contributed by atoms with van der Waals surface area (Å²) in [5.41, 5.74) is 0. The molecule has 0 bridgehead atoms. The lowest BCUT2D eigenvalue weighted by Gasteiger charge is -2.28. The fourth-order valence-electron chi connectivity index (χ4n) is 0.469. The van der Waals surface area contributed by atoms with Gasteiger partial charge in [0.1, 0.15) is 6.50 Å². The molecular formula is C9H18NO4+. The number of nitrogens with zero attached hydrogens (tertiary/aromatic N) is 1. The van der Waals surface area contributed by atoms with Crippen molar-refractivity contribution in [2.24, 2.45) is 0 Å². The summed E-state index contributed by atoms with van der Waals surface area (Å²) >= 11 is 0. The Balaban J connectivity index is 7.64. The summed E-state index contributed by atoms with van der Waals surface area (Å²) < 4.78 is 106. The van der Waals surface area contributed by atoms with E-state index in [2.05, 4.69) is 4.74 Å². The van der Waals surface area contributed by atoms with Crippen LogP contribution in [0, 0.1) is 0 Å². The van der Waals surface area contributed by atoms with Crippen LogP contribution in [-0.2, 0) is 14.3 Å². The topological polar surface area (TPSA) is 63.6 Å². The number of rotatable bonds is 5. The molecule has 5 heteroatoms. The van der Waals surface area contributed by atoms with E-state index in [0.717, 1.165) is 0 Å². The highest BCUT2D eigenvalue weighted by atomic mass is 16.5. The Bertz CT molecular complexity index is 598. The minimum absolute atomic E-state index is 0.478. The number of quaternary nitrogens is 1. The number of carboxylic acid groups (broad SMARTS) is 1. The highest BCUT2D eigenvalue weighted by Gasteiger charge is 2.23. The number of likely N-dealkylation sites (N-methyl/N-ethyl adjacent to an activating group) is 1. The summed E-state index contributed by atoms with van der Waals surface area (Å²) in [6.45, 7) is -17.1. The molecule has 82 valence electrons. The summed E-state index contributed by atoms with van der Waals surface area (Å²) in [6.07, 6.45) is -8.72. The van der Waals surface area contributed by atoms with Crippen LogP contribution in [0.2, 0.25) is 0 Å². The Hall–Kier alpha value is -1.10. The van der Waals surface area contributed by atoms with Crippen molar-refractivity contribution in [3.05, 3.63) is 0 Å². The van der Waals surface area contributed by atoms with Crippen molar-refractivity contribution in [2.45, 2.75) is 19.4 Å². The maximum absolute atomic E-state index is 11.4. The van der Waals surface area contributed by atoms with Crippen LogP contribution in [0.15, 0.2) is 0 Å². The Morgan fingerprint density at radius 3 is 2.57 bits per heavy atom. The van der Waals surface area contributed by atoms with Gasteiger partial charge in [-0.2, -0.15) is 0 Å². The minimum Gasteiger partial charge on any atom is -0.481 e. The van der Waals surface area contributed by atoms with E-state index in [4.69, 9.17) is 24.3 Å². The smallest absolute Gasteiger partial charge is 0.307 e. The van der Waals surface area contributed by atoms with Gasteiger partial charge in [-0.15, -0.1) is 0 Å². The Labute approximate surface area is 104 Å². The van der Waals surface area contributed by atoms with Crippen LogP contribution in [0.25, 0.3) is 0 Å². The predicted molar refractivity (Wildman–Crippen MR) is 50.7 cm³/mol. The maximum Gasteiger partial charge on any atom is 0.307 e. The number of ether oxygens (including phenoxy) is 1. The number of carbonyl (C=O) groups excluding carboxylic acids is 1. The van der Waals surface area contributed by atoms with E-state index in [9.17, 15) is 9.59 Å². The number of carbonyl (C=O) groups is 2. The zero-order valence-electron chi connectivity index (χ0n) is 21.1. The van der Waals surface area contributed by atoms with Crippen molar-refractivity contribution >= 4 is 11.9 Å². The summed E-state index contributed by atoms with van der Waals surface area (Å²) in [7, 11) is 0. The Kier molecular flexibility index (Phi) is 0.963. The van der Waals surface area contributed by atoms with Gasteiger partial charge in [-0.3, -0.25) is 9.59 Å². The van der Waals surface area contributed by atoms with E-state index < -0.39 is 56.3 Å². The van der Waals surface area contributed by atoms with Crippen LogP contribution in [0.4, 0.5) is 0 Å². The largest absolute Gasteiger partial charge is 0.481 e. The van der Waals surface area contributed by atoms with Crippen molar-refractivity contribution in [1.82, 2.24) is 0 Å². The third kappa shape index (κ3) is 7.54. The van der Waals surface area contributed by atoms with Crippen LogP contribution in [0.3, 0.4) is 0 Å². The standard InChI is InChI=1S/C9H17NO4/c1-7(11)14-8(5-9(12)13)6-10(2,3)4/h8H,5-6H2,1-4H3/p+1/t8-/m0/s1/i2D3,3D3,4D3,5D2,6D2,8D. The van der Waals surface area contributed by atoms with Gasteiger partial charge in [0.25, 0.3) is 0 Å². The summed E-state index contributed by atoms with van der Waals surface area (Å²) in [5, 5.41) is 9.05. The fraction of sp³-hybridized carbons (Fsp3) is 0.778. The average molecular weight is 218 g/mol. The van der Waals surface area contributed by atoms with Crippen molar-refractivity contribution in [1.29, 1.82) is 0 Å². The Morgan fingerprint density at radius 1 is 1.64 bits per heavy atom. The second-order valence-corrected chi connectivity index (χ2v) is 2.14. The second-order valence-electron chi connectivity index (χ2n) is 2.14. The van der Waals surface area contributed by atoms with Crippen LogP contribution in [0.1, 0.15) is 32.5 Å². The number of aliphatic carboxylic acids is 1. The Morgan fingerprint density at radius 2 is 2.21 bits per heavy atom. The lowest BCUT2D eigenvalue weighted by Crippen LogP contribution is -2.43. The molecule has 0 saturated carbocycles. The number of esters is 1. The van der Waals surface area contributed by atoms with E-state index in [0.29, 0.717) is 6.92 Å². The van der Waals surface area contributed by atoms with Gasteiger partial charge in [0.15, 0.2) is 6.08 Å². The zero-order chi connectivity index (χ0) is 23.4. The fourth-order valence-corrected chi connectivity index (χ4v) is 0.469. The maximum atomic E-state index is 11.4. The van der Waals surface area contributed by atoms with Gasteiger partial charge < -0.3 is 14.3 Å². The highest BCUT2D eigenvalue weighted by Crippen LogP contribution is 2.04. The zero-order valence-corrected chi connectivity index (χ0v) is 7.12. The lowest BCUT2D eigenvalue weighted by atomic mass is 10.2. The molecule has 1 N–H and O–H groups in total. The molecule has 0 amide bonds. The molecule has 0 rings (SSSR count). The summed E-state index contributed by atoms with van der Waals surface area (Å²) in [6, 6.07) is 0. The molecular weight excluding hydrogens is 186 g/mol. The van der Waals surface area contributed by atoms with Gasteiger partial charge >= 0.3 is 11.9 Å². The molecule has 0 heterocycles. The molecule has 0 aliphatic heterocycles. The summed E-state index contributed by atoms with van der Waals surface area (Å²) in [5.74, 6) is -4.32. The van der Waals surface area contributed by atoms with Crippen molar-refractivity contribution in [3.8, 4) is 0 Å². The first kappa shape index (κ1) is 2.72. The molecule has 0 aromatic carbocycles. The SMILES string of the molecule is [2H]C([2H])(C(=O)O)[C@]([2H])(OC(C)=O)C([2H])([2H])[N+](C([2H])([2H])[2H])(C([2H])([2H])[2H])C([2H])([2H])[2H]. The molecule has 0 aliphatic rings. The van der Waals surface area contributed by atoms with E-state index >= 15 is 0 Å². The minimum atomic E-state index is -4.66. The monoisotopic (exact) mass is 218 g/mol. The highest BCUT2D eigenvalue weighted by molar-refractivity contribution is 5.69. The van der Waals surface area contributed by atoms with Crippen molar-refractivity contribution in [2.75, 3.05) is 27.4 Å². The molecule has 0 aromatic rings. The van der Waals surface area contributed by atoms with E-state index in [1.807, 2.05) is 0 Å². The molecule has 1 atom stereocenters. The van der Waals surface area contributed by atoms with Gasteiger partial charge in [0.05, 0.1) is 43.7 Å². The molecule has 0 fully saturated rings. The molecule has 0 spiro atoms. The van der Waals surface area contributed by atoms with Crippen LogP contribution < -0.4 is 0 Å². The van der Waals surface area contributed by atoms with E-state index in [1.54, 1.807) is 0 Å². The molecule has 0 radical (unpaired) electrons. The number of hydrogen-bond acceptors (Lipinski definition) is 3. The average Bonchev–Trinajstić information content (AvgIpc) is 2.30. The van der Waals surface area contributed by atoms with Gasteiger partial charge in [-0.25, -0.2) is 0 Å². The normalized spacial score (nSPS) is 35.2. The van der Waals surface area contributed by atoms with E-state index in [1.165, 1.54) is 0 Å². The molecule has 0 saturated heterocycles. The van der Waals surface area contributed by atoms with Crippen molar-refractivity contribution in [3.63, 3.8) is 0 Å². The molecule has 5 nitrogen and oxygen atoms in total. The van der Waals surface area contributed by atoms with Crippen LogP contribution in [0.5, 0.6) is 0 Å². The van der Waals surface area contributed by atoms with Gasteiger partial charge in [-0.1, -0.05) is 0 Å². The predicted octanol–water partition coefficient (Wildman–Crippen LogP) is 0.0990. The van der Waals surface area contributed by atoms with Crippen LogP contribution >= 0.6 is 0 Å². The number of hydrogen-bond donors (Lipinski definition) is 1. The molecule has 0 aliphatic carbocycles. The van der Waals surface area contributed by atoms with Crippen LogP contribution in [-0.4, -0.2) is 55.0 Å². The van der Waals surface area contributed by atoms with Crippen molar-refractivity contribution < 1.29 is 43.1 Å². The molecule has 14 heavy (non-hydrogen) atoms. The first-order valence-corrected chi connectivity index (χ1v) is 3.18. The second kappa shape index (κ2) is 4.95. The van der Waals surface area contributed by atoms with Gasteiger partial charge in [0, 0.05) is 9.67 Å². The molecule has 0 aromatic heterocycles. The van der Waals surface area contributed by atoms with E-state index in [-0.39, 0.29) is 0 Å². The lowest BCUT2D eigenvalue weighted by molar-refractivity contribution is -0.873. The first-order valence-electron chi connectivity index (χ1n) is 10.2. The first-order chi connectivity index (χ1) is 11.9. The third-order valence-electron chi connectivity index (χ3n) is 0.736. The summed E-state index contributed by atoms with van der Waals surface area (Å²) in [4.78, 5) is 22.6.